The van der Waals surface area contributed by atoms with E-state index in [4.69, 9.17) is 11.8 Å². The largest absolute Gasteiger partial charge is 0.308 e. The van der Waals surface area contributed by atoms with Crippen LogP contribution in [0.2, 0.25) is 0 Å². The Morgan fingerprint density at radius 3 is 2.24 bits per heavy atom. The van der Waals surface area contributed by atoms with Gasteiger partial charge < -0.3 is 4.57 Å². The molecule has 170 valence electrons. The zero-order chi connectivity index (χ0) is 25.4. The van der Waals surface area contributed by atoms with Crippen molar-refractivity contribution < 1.29 is 0 Å². The van der Waals surface area contributed by atoms with Crippen LogP contribution in [0, 0.1) is 29.2 Å². The molecule has 6 rings (SSSR count). The Balaban J connectivity index is 1.58. The lowest BCUT2D eigenvalue weighted by atomic mass is 10.0. The highest BCUT2D eigenvalue weighted by Gasteiger charge is 2.17. The average molecular weight is 473 g/mol. The summed E-state index contributed by atoms with van der Waals surface area (Å²) in [7, 11) is 0. The molecule has 0 spiro atoms. The number of aromatic nitrogens is 3. The molecule has 0 N–H and O–H groups in total. The molecule has 0 radical (unpaired) electrons. The van der Waals surface area contributed by atoms with Crippen LogP contribution in [-0.2, 0) is 0 Å². The van der Waals surface area contributed by atoms with Crippen LogP contribution in [-0.4, -0.2) is 14.5 Å². The van der Waals surface area contributed by atoms with E-state index in [1.54, 1.807) is 12.1 Å². The summed E-state index contributed by atoms with van der Waals surface area (Å²) in [5.74, 6) is 0.450. The van der Waals surface area contributed by atoms with Crippen LogP contribution in [0.15, 0.2) is 97.3 Å². The summed E-state index contributed by atoms with van der Waals surface area (Å²) in [5, 5.41) is 21.3. The number of nitrogens with zero attached hydrogens (tertiary/aromatic N) is 6. The first kappa shape index (κ1) is 21.7. The summed E-state index contributed by atoms with van der Waals surface area (Å²) >= 11 is 0. The van der Waals surface area contributed by atoms with Crippen molar-refractivity contribution in [1.82, 2.24) is 14.5 Å². The Morgan fingerprint density at radius 2 is 1.46 bits per heavy atom. The number of para-hydroxylation sites is 1. The third-order valence-corrected chi connectivity index (χ3v) is 6.38. The zero-order valence-electron chi connectivity index (χ0n) is 19.4. The summed E-state index contributed by atoms with van der Waals surface area (Å²) in [6.45, 7) is 7.37. The van der Waals surface area contributed by atoms with E-state index in [1.807, 2.05) is 54.6 Å². The maximum Gasteiger partial charge on any atom is 0.187 e. The molecule has 37 heavy (non-hydrogen) atoms. The maximum absolute atomic E-state index is 10.1. The van der Waals surface area contributed by atoms with Crippen molar-refractivity contribution in [2.45, 2.75) is 0 Å². The molecule has 0 bridgehead atoms. The second kappa shape index (κ2) is 8.78. The normalized spacial score (nSPS) is 10.6. The fraction of sp³-hybridized carbons (Fsp3) is 0. The van der Waals surface area contributed by atoms with Gasteiger partial charge >= 0.3 is 0 Å². The summed E-state index contributed by atoms with van der Waals surface area (Å²) in [6, 6.07) is 31.9. The minimum absolute atomic E-state index is 0.379. The second-order valence-electron chi connectivity index (χ2n) is 8.50. The molecule has 0 fully saturated rings. The average Bonchev–Trinajstić information content (AvgIpc) is 3.30. The van der Waals surface area contributed by atoms with Gasteiger partial charge in [0.1, 0.15) is 12.1 Å². The van der Waals surface area contributed by atoms with E-state index in [9.17, 15) is 5.26 Å². The molecule has 6 aromatic rings. The van der Waals surface area contributed by atoms with E-state index >= 15 is 0 Å². The lowest BCUT2D eigenvalue weighted by Gasteiger charge is -2.12. The van der Waals surface area contributed by atoms with Crippen LogP contribution in [0.4, 0.5) is 5.69 Å². The lowest BCUT2D eigenvalue weighted by molar-refractivity contribution is 1.14. The van der Waals surface area contributed by atoms with Crippen LogP contribution in [0.5, 0.6) is 0 Å². The van der Waals surface area contributed by atoms with Crippen LogP contribution in [0.1, 0.15) is 11.1 Å². The van der Waals surface area contributed by atoms with Crippen molar-refractivity contribution in [3.63, 3.8) is 0 Å². The van der Waals surface area contributed by atoms with Gasteiger partial charge in [-0.1, -0.05) is 48.5 Å². The predicted molar refractivity (Wildman–Crippen MR) is 143 cm³/mol. The van der Waals surface area contributed by atoms with Gasteiger partial charge in [0, 0.05) is 28.7 Å². The fourth-order valence-corrected chi connectivity index (χ4v) is 4.66. The van der Waals surface area contributed by atoms with Gasteiger partial charge in [0.15, 0.2) is 11.5 Å². The summed E-state index contributed by atoms with van der Waals surface area (Å²) in [4.78, 5) is 12.1. The molecule has 2 aromatic heterocycles. The highest BCUT2D eigenvalue weighted by atomic mass is 15.0. The standard InChI is InChI=1S/C31H16N6/c1-34-25-6-4-5-21(14-25)22-9-11-27-26-7-2-3-8-29(26)37(30(27)15-22)28-12-10-23(13-24(28)17-33)31-35-18-20(16-32)19-36-31/h2-15,18-19H. The van der Waals surface area contributed by atoms with E-state index in [-0.39, 0.29) is 0 Å². The molecular formula is C31H16N6. The van der Waals surface area contributed by atoms with Gasteiger partial charge in [0.25, 0.3) is 0 Å². The first-order valence-electron chi connectivity index (χ1n) is 11.5. The third-order valence-electron chi connectivity index (χ3n) is 6.38. The topological polar surface area (TPSA) is 82.7 Å². The van der Waals surface area contributed by atoms with Crippen LogP contribution < -0.4 is 0 Å². The molecule has 0 aliphatic rings. The molecule has 0 saturated heterocycles. The quantitative estimate of drug-likeness (QED) is 0.255. The second-order valence-corrected chi connectivity index (χ2v) is 8.50. The minimum Gasteiger partial charge on any atom is -0.308 e. The first-order valence-corrected chi connectivity index (χ1v) is 11.5. The van der Waals surface area contributed by atoms with Gasteiger partial charge in [-0.2, -0.15) is 10.5 Å². The number of benzene rings is 4. The van der Waals surface area contributed by atoms with E-state index in [2.05, 4.69) is 49.7 Å². The number of fused-ring (bicyclic) bond motifs is 3. The van der Waals surface area contributed by atoms with Crippen LogP contribution in [0.3, 0.4) is 0 Å². The van der Waals surface area contributed by atoms with Gasteiger partial charge in [0.05, 0.1) is 34.4 Å². The number of hydrogen-bond acceptors (Lipinski definition) is 4. The number of nitriles is 2. The smallest absolute Gasteiger partial charge is 0.187 e. The summed E-state index contributed by atoms with van der Waals surface area (Å²) in [6.07, 6.45) is 2.94. The van der Waals surface area contributed by atoms with Gasteiger partial charge in [-0.25, -0.2) is 14.8 Å². The van der Waals surface area contributed by atoms with E-state index in [0.717, 1.165) is 38.6 Å². The van der Waals surface area contributed by atoms with Gasteiger partial charge in [-0.15, -0.1) is 0 Å². The molecule has 4 aromatic carbocycles. The molecule has 6 heteroatoms. The van der Waals surface area contributed by atoms with Crippen molar-refractivity contribution in [2.24, 2.45) is 0 Å². The summed E-state index contributed by atoms with van der Waals surface area (Å²) in [5.41, 5.74) is 6.79. The number of rotatable bonds is 3. The molecule has 0 atom stereocenters. The van der Waals surface area contributed by atoms with E-state index < -0.39 is 0 Å². The van der Waals surface area contributed by atoms with Crippen molar-refractivity contribution >= 4 is 27.5 Å². The third kappa shape index (κ3) is 3.65. The van der Waals surface area contributed by atoms with Crippen molar-refractivity contribution in [2.75, 3.05) is 0 Å². The number of hydrogen-bond donors (Lipinski definition) is 0. The Bertz CT molecular complexity index is 1960. The highest BCUT2D eigenvalue weighted by Crippen LogP contribution is 2.36. The lowest BCUT2D eigenvalue weighted by Crippen LogP contribution is -1.99. The maximum atomic E-state index is 10.1. The molecule has 6 nitrogen and oxygen atoms in total. The van der Waals surface area contributed by atoms with Crippen LogP contribution in [0.25, 0.3) is 54.9 Å². The first-order chi connectivity index (χ1) is 18.2. The molecular weight excluding hydrogens is 456 g/mol. The van der Waals surface area contributed by atoms with Crippen LogP contribution >= 0.6 is 0 Å². The Hall–Kier alpha value is -5.77. The van der Waals surface area contributed by atoms with Gasteiger partial charge in [-0.05, 0) is 47.5 Å². The van der Waals surface area contributed by atoms with Crippen molar-refractivity contribution in [3.8, 4) is 40.3 Å². The highest BCUT2D eigenvalue weighted by molar-refractivity contribution is 6.10. The van der Waals surface area contributed by atoms with Crippen molar-refractivity contribution in [3.05, 3.63) is 120 Å². The fourth-order valence-electron chi connectivity index (χ4n) is 4.66. The minimum atomic E-state index is 0.379. The molecule has 2 heterocycles. The zero-order valence-corrected chi connectivity index (χ0v) is 19.4. The predicted octanol–water partition coefficient (Wildman–Crippen LogP) is 7.20. The van der Waals surface area contributed by atoms with Crippen molar-refractivity contribution in [1.29, 1.82) is 10.5 Å². The monoisotopic (exact) mass is 472 g/mol. The Kier molecular flexibility index (Phi) is 5.16. The Labute approximate surface area is 212 Å². The van der Waals surface area contributed by atoms with E-state index in [1.165, 1.54) is 12.4 Å². The van der Waals surface area contributed by atoms with Gasteiger partial charge in [-0.3, -0.25) is 0 Å². The molecule has 0 unspecified atom stereocenters. The van der Waals surface area contributed by atoms with E-state index in [0.29, 0.717) is 28.2 Å². The van der Waals surface area contributed by atoms with Gasteiger partial charge in [0.2, 0.25) is 0 Å². The molecule has 0 saturated carbocycles. The molecule has 0 amide bonds. The molecule has 0 aliphatic carbocycles. The molecule has 0 aliphatic heterocycles. The Morgan fingerprint density at radius 1 is 0.703 bits per heavy atom. The SMILES string of the molecule is [C-]#[N+]c1cccc(-c2ccc3c4ccccc4n(-c4ccc(-c5ncc(C#N)cn5)cc4C#N)c3c2)c1. The summed E-state index contributed by atoms with van der Waals surface area (Å²) < 4.78 is 2.11.